The molecule has 0 saturated heterocycles. The molecule has 0 radical (unpaired) electrons. The number of nitrogens with zero attached hydrogens (tertiary/aromatic N) is 1. The van der Waals surface area contributed by atoms with Crippen LogP contribution in [-0.2, 0) is 0 Å². The van der Waals surface area contributed by atoms with Crippen molar-refractivity contribution in [2.24, 2.45) is 5.84 Å². The maximum Gasteiger partial charge on any atom is 0.130 e. The van der Waals surface area contributed by atoms with Gasteiger partial charge in [0.05, 0.1) is 28.7 Å². The van der Waals surface area contributed by atoms with Crippen molar-refractivity contribution in [3.05, 3.63) is 28.4 Å². The maximum absolute atomic E-state index is 6.15. The number of hydrazine groups is 1. The second-order valence-electron chi connectivity index (χ2n) is 3.81. The second-order valence-corrected chi connectivity index (χ2v) is 4.22. The zero-order chi connectivity index (χ0) is 12.6. The van der Waals surface area contributed by atoms with E-state index < -0.39 is 0 Å². The van der Waals surface area contributed by atoms with E-state index in [0.29, 0.717) is 16.3 Å². The summed E-state index contributed by atoms with van der Waals surface area (Å²) in [6.45, 7) is 3.88. The average Bonchev–Trinajstić information content (AvgIpc) is 2.33. The molecule has 5 heteroatoms. The van der Waals surface area contributed by atoms with Crippen LogP contribution >= 0.6 is 11.6 Å². The van der Waals surface area contributed by atoms with Gasteiger partial charge in [-0.05, 0) is 31.5 Å². The predicted octanol–water partition coefficient (Wildman–Crippen LogP) is 2.80. The predicted molar refractivity (Wildman–Crippen MR) is 70.6 cm³/mol. The Morgan fingerprint density at radius 1 is 1.35 bits per heavy atom. The Labute approximate surface area is 105 Å². The van der Waals surface area contributed by atoms with Crippen LogP contribution in [0.4, 0.5) is 5.69 Å². The monoisotopic (exact) mass is 251 g/mol. The minimum Gasteiger partial charge on any atom is -0.496 e. The van der Waals surface area contributed by atoms with Crippen LogP contribution in [0.2, 0.25) is 5.02 Å². The summed E-state index contributed by atoms with van der Waals surface area (Å²) >= 11 is 6.15. The first kappa shape index (κ1) is 12.0. The van der Waals surface area contributed by atoms with E-state index in [1.165, 1.54) is 0 Å². The zero-order valence-corrected chi connectivity index (χ0v) is 10.7. The van der Waals surface area contributed by atoms with E-state index in [-0.39, 0.29) is 0 Å². The third kappa shape index (κ3) is 1.79. The van der Waals surface area contributed by atoms with Crippen molar-refractivity contribution in [2.75, 3.05) is 12.5 Å². The molecule has 0 bridgehead atoms. The molecule has 0 spiro atoms. The summed E-state index contributed by atoms with van der Waals surface area (Å²) in [5.41, 5.74) is 6.07. The summed E-state index contributed by atoms with van der Waals surface area (Å²) in [4.78, 5) is 4.48. The van der Waals surface area contributed by atoms with Gasteiger partial charge in [0.25, 0.3) is 0 Å². The number of benzene rings is 1. The van der Waals surface area contributed by atoms with Gasteiger partial charge in [0.2, 0.25) is 0 Å². The Morgan fingerprint density at radius 3 is 2.65 bits per heavy atom. The van der Waals surface area contributed by atoms with Crippen LogP contribution in [0.3, 0.4) is 0 Å². The molecular weight excluding hydrogens is 238 g/mol. The van der Waals surface area contributed by atoms with E-state index in [2.05, 4.69) is 10.4 Å². The van der Waals surface area contributed by atoms with Gasteiger partial charge < -0.3 is 10.2 Å². The van der Waals surface area contributed by atoms with Crippen LogP contribution in [0.5, 0.6) is 5.75 Å². The van der Waals surface area contributed by atoms with E-state index in [1.54, 1.807) is 13.2 Å². The number of hydrogen-bond acceptors (Lipinski definition) is 4. The van der Waals surface area contributed by atoms with Crippen molar-refractivity contribution >= 4 is 28.2 Å². The van der Waals surface area contributed by atoms with E-state index >= 15 is 0 Å². The Balaban J connectivity index is 2.99. The molecule has 1 aromatic carbocycles. The Bertz CT molecular complexity index is 584. The van der Waals surface area contributed by atoms with Gasteiger partial charge in [0.15, 0.2) is 0 Å². The van der Waals surface area contributed by atoms with Crippen molar-refractivity contribution in [1.29, 1.82) is 0 Å². The zero-order valence-electron chi connectivity index (χ0n) is 9.97. The summed E-state index contributed by atoms with van der Waals surface area (Å²) in [6, 6.07) is 3.58. The molecule has 0 aliphatic rings. The fourth-order valence-corrected chi connectivity index (χ4v) is 2.07. The average molecular weight is 252 g/mol. The highest BCUT2D eigenvalue weighted by Gasteiger charge is 2.15. The number of nitrogens with one attached hydrogen (secondary N) is 1. The molecule has 0 aliphatic carbocycles. The van der Waals surface area contributed by atoms with E-state index in [0.717, 1.165) is 22.3 Å². The minimum atomic E-state index is 0.584. The molecule has 0 atom stereocenters. The molecule has 0 unspecified atom stereocenters. The smallest absolute Gasteiger partial charge is 0.130 e. The minimum absolute atomic E-state index is 0.584. The fourth-order valence-electron chi connectivity index (χ4n) is 1.87. The highest BCUT2D eigenvalue weighted by atomic mass is 35.5. The first-order valence-electron chi connectivity index (χ1n) is 5.20. The maximum atomic E-state index is 6.15. The number of halogens is 1. The number of fused-ring (bicyclic) bond motifs is 1. The molecule has 17 heavy (non-hydrogen) atoms. The lowest BCUT2D eigenvalue weighted by molar-refractivity contribution is 0.420. The first-order valence-corrected chi connectivity index (χ1v) is 5.58. The largest absolute Gasteiger partial charge is 0.496 e. The van der Waals surface area contributed by atoms with Crippen LogP contribution in [0, 0.1) is 13.8 Å². The molecule has 2 aromatic rings. The highest BCUT2D eigenvalue weighted by molar-refractivity contribution is 6.35. The topological polar surface area (TPSA) is 60.2 Å². The molecule has 90 valence electrons. The number of aromatic nitrogens is 1. The van der Waals surface area contributed by atoms with Crippen molar-refractivity contribution in [3.8, 4) is 5.75 Å². The van der Waals surface area contributed by atoms with Crippen LogP contribution in [-0.4, -0.2) is 12.1 Å². The number of anilines is 1. The molecule has 0 fully saturated rings. The standard InChI is InChI=1S/C12H14ClN3O/c1-6-7(2)15-12-8(13)4-5-9(17-3)10(12)11(6)16-14/h4-5H,14H2,1-3H3,(H,15,16). The van der Waals surface area contributed by atoms with Gasteiger partial charge in [0.1, 0.15) is 5.75 Å². The molecule has 0 amide bonds. The van der Waals surface area contributed by atoms with E-state index in [1.807, 2.05) is 19.9 Å². The van der Waals surface area contributed by atoms with Crippen LogP contribution < -0.4 is 16.0 Å². The van der Waals surface area contributed by atoms with Gasteiger partial charge in [0, 0.05) is 5.69 Å². The Morgan fingerprint density at radius 2 is 2.06 bits per heavy atom. The molecule has 0 aliphatic heterocycles. The number of nitrogens with two attached hydrogens (primary N) is 1. The molecule has 3 N–H and O–H groups in total. The highest BCUT2D eigenvalue weighted by Crippen LogP contribution is 2.37. The van der Waals surface area contributed by atoms with Crippen molar-refractivity contribution in [1.82, 2.24) is 4.98 Å². The molecule has 2 rings (SSSR count). The van der Waals surface area contributed by atoms with Gasteiger partial charge in [-0.3, -0.25) is 10.8 Å². The summed E-state index contributed by atoms with van der Waals surface area (Å²) in [5, 5.41) is 1.39. The third-order valence-electron chi connectivity index (χ3n) is 2.90. The van der Waals surface area contributed by atoms with E-state index in [9.17, 15) is 0 Å². The fraction of sp³-hybridized carbons (Fsp3) is 0.250. The third-order valence-corrected chi connectivity index (χ3v) is 3.21. The summed E-state index contributed by atoms with van der Waals surface area (Å²) in [5.74, 6) is 6.28. The van der Waals surface area contributed by atoms with Gasteiger partial charge in [-0.25, -0.2) is 0 Å². The van der Waals surface area contributed by atoms with Crippen LogP contribution in [0.15, 0.2) is 12.1 Å². The number of nitrogen functional groups attached to an aromatic ring is 1. The lowest BCUT2D eigenvalue weighted by Gasteiger charge is -2.15. The lowest BCUT2D eigenvalue weighted by Crippen LogP contribution is -2.11. The van der Waals surface area contributed by atoms with Crippen molar-refractivity contribution in [2.45, 2.75) is 13.8 Å². The molecular formula is C12H14ClN3O. The number of pyridine rings is 1. The number of hydrogen-bond donors (Lipinski definition) is 2. The van der Waals surface area contributed by atoms with Crippen LogP contribution in [0.1, 0.15) is 11.3 Å². The first-order chi connectivity index (χ1) is 8.10. The number of methoxy groups -OCH3 is 1. The number of rotatable bonds is 2. The quantitative estimate of drug-likeness (QED) is 0.637. The van der Waals surface area contributed by atoms with Gasteiger partial charge >= 0.3 is 0 Å². The second kappa shape index (κ2) is 4.39. The molecule has 0 saturated carbocycles. The van der Waals surface area contributed by atoms with Gasteiger partial charge in [-0.2, -0.15) is 0 Å². The lowest BCUT2D eigenvalue weighted by atomic mass is 10.1. The molecule has 1 aromatic heterocycles. The Hall–Kier alpha value is -1.52. The Kier molecular flexibility index (Phi) is 3.09. The number of ether oxygens (including phenoxy) is 1. The summed E-state index contributed by atoms with van der Waals surface area (Å²) in [6.07, 6.45) is 0. The van der Waals surface area contributed by atoms with Gasteiger partial charge in [-0.1, -0.05) is 11.6 Å². The van der Waals surface area contributed by atoms with Gasteiger partial charge in [-0.15, -0.1) is 0 Å². The normalized spacial score (nSPS) is 10.6. The summed E-state index contributed by atoms with van der Waals surface area (Å²) in [7, 11) is 1.61. The molecule has 1 heterocycles. The van der Waals surface area contributed by atoms with Crippen LogP contribution in [0.25, 0.3) is 10.9 Å². The SMILES string of the molecule is COc1ccc(Cl)c2nc(C)c(C)c(NN)c12. The number of aryl methyl sites for hydroxylation is 1. The van der Waals surface area contributed by atoms with E-state index in [4.69, 9.17) is 22.2 Å². The van der Waals surface area contributed by atoms with Crippen molar-refractivity contribution < 1.29 is 4.74 Å². The van der Waals surface area contributed by atoms with Crippen molar-refractivity contribution in [3.63, 3.8) is 0 Å². The molecule has 4 nitrogen and oxygen atoms in total. The summed E-state index contributed by atoms with van der Waals surface area (Å²) < 4.78 is 5.33.